The zero-order valence-electron chi connectivity index (χ0n) is 19.8. The highest BCUT2D eigenvalue weighted by atomic mass is 19.1. The average Bonchev–Trinajstić information content (AvgIpc) is 3.27. The summed E-state index contributed by atoms with van der Waals surface area (Å²) in [4.78, 5) is 43.4. The number of non-ortho nitro benzene ring substituents is 1. The number of hydrogen-bond acceptors (Lipinski definition) is 7. The number of carbonyl (C=O) groups excluding carboxylic acids is 1. The lowest BCUT2D eigenvalue weighted by atomic mass is 10.1. The van der Waals surface area contributed by atoms with Crippen molar-refractivity contribution < 1.29 is 23.6 Å². The molecular formula is C24H25FN4O6. The number of nitro groups is 1. The van der Waals surface area contributed by atoms with E-state index in [-0.39, 0.29) is 33.9 Å². The Balaban J connectivity index is 1.95. The van der Waals surface area contributed by atoms with Gasteiger partial charge in [-0.25, -0.2) is 14.2 Å². The van der Waals surface area contributed by atoms with E-state index in [9.17, 15) is 24.1 Å². The second kappa shape index (κ2) is 8.97. The number of aromatic nitrogens is 2. The van der Waals surface area contributed by atoms with Gasteiger partial charge >= 0.3 is 6.09 Å². The third kappa shape index (κ3) is 4.66. The molecule has 1 fully saturated rings. The fourth-order valence-electron chi connectivity index (χ4n) is 4.15. The topological polar surface area (TPSA) is 117 Å². The van der Waals surface area contributed by atoms with Gasteiger partial charge in [0.2, 0.25) is 0 Å². The molecule has 1 aliphatic rings. The zero-order valence-corrected chi connectivity index (χ0v) is 19.8. The maximum Gasteiger partial charge on any atom is 0.410 e. The van der Waals surface area contributed by atoms with E-state index in [1.807, 2.05) is 0 Å². The van der Waals surface area contributed by atoms with Crippen LogP contribution in [0, 0.1) is 15.9 Å². The minimum absolute atomic E-state index is 0.000918. The van der Waals surface area contributed by atoms with Crippen LogP contribution in [0.2, 0.25) is 0 Å². The van der Waals surface area contributed by atoms with Crippen molar-refractivity contribution in [1.29, 1.82) is 0 Å². The Morgan fingerprint density at radius 2 is 1.97 bits per heavy atom. The van der Waals surface area contributed by atoms with Crippen molar-refractivity contribution >= 4 is 22.7 Å². The molecule has 0 bridgehead atoms. The number of nitrogens with zero attached hydrogens (tertiary/aromatic N) is 4. The van der Waals surface area contributed by atoms with Crippen LogP contribution < -0.4 is 10.3 Å². The number of benzene rings is 2. The summed E-state index contributed by atoms with van der Waals surface area (Å²) in [6.07, 6.45) is 0.600. The predicted molar refractivity (Wildman–Crippen MR) is 125 cm³/mol. The maximum atomic E-state index is 14.6. The number of ether oxygens (including phenoxy) is 2. The quantitative estimate of drug-likeness (QED) is 0.395. The second-order valence-electron chi connectivity index (χ2n) is 9.22. The molecule has 2 aromatic carbocycles. The van der Waals surface area contributed by atoms with Gasteiger partial charge in [0.05, 0.1) is 34.7 Å². The molecule has 1 aromatic heterocycles. The van der Waals surface area contributed by atoms with Crippen LogP contribution in [0.15, 0.2) is 41.2 Å². The maximum absolute atomic E-state index is 14.6. The fourth-order valence-corrected chi connectivity index (χ4v) is 4.15. The van der Waals surface area contributed by atoms with E-state index < -0.39 is 34.0 Å². The molecule has 0 radical (unpaired) electrons. The molecule has 35 heavy (non-hydrogen) atoms. The molecule has 1 saturated heterocycles. The minimum Gasteiger partial charge on any atom is -0.494 e. The summed E-state index contributed by atoms with van der Waals surface area (Å²) in [7, 11) is 1.32. The largest absolute Gasteiger partial charge is 0.494 e. The molecule has 4 rings (SSSR count). The number of methoxy groups -OCH3 is 1. The monoisotopic (exact) mass is 484 g/mol. The van der Waals surface area contributed by atoms with E-state index >= 15 is 0 Å². The Morgan fingerprint density at radius 3 is 2.60 bits per heavy atom. The normalized spacial score (nSPS) is 15.9. The molecule has 1 atom stereocenters. The van der Waals surface area contributed by atoms with Gasteiger partial charge in [-0.1, -0.05) is 0 Å². The summed E-state index contributed by atoms with van der Waals surface area (Å²) >= 11 is 0. The SMILES string of the molecule is COc1ccc(-n2c([C@H]3CCCN3C(=O)OC(C)(C)C)nc3ccc([N+](=O)[O-])cc3c2=O)cc1F. The molecule has 1 aliphatic heterocycles. The third-order valence-electron chi connectivity index (χ3n) is 5.66. The summed E-state index contributed by atoms with van der Waals surface area (Å²) in [5.74, 6) is -0.495. The van der Waals surface area contributed by atoms with E-state index in [0.717, 1.165) is 12.1 Å². The van der Waals surface area contributed by atoms with E-state index in [2.05, 4.69) is 4.98 Å². The molecule has 0 saturated carbocycles. The van der Waals surface area contributed by atoms with Crippen LogP contribution in [0.3, 0.4) is 0 Å². The predicted octanol–water partition coefficient (Wildman–Crippen LogP) is 4.51. The van der Waals surface area contributed by atoms with Crippen molar-refractivity contribution in [2.24, 2.45) is 0 Å². The van der Waals surface area contributed by atoms with Gasteiger partial charge in [-0.15, -0.1) is 0 Å². The Morgan fingerprint density at radius 1 is 1.23 bits per heavy atom. The summed E-state index contributed by atoms with van der Waals surface area (Å²) in [5, 5.41) is 11.3. The molecule has 11 heteroatoms. The second-order valence-corrected chi connectivity index (χ2v) is 9.22. The molecular weight excluding hydrogens is 459 g/mol. The van der Waals surface area contributed by atoms with Crippen molar-refractivity contribution in [3.63, 3.8) is 0 Å². The van der Waals surface area contributed by atoms with E-state index in [4.69, 9.17) is 9.47 Å². The first-order chi connectivity index (χ1) is 16.5. The molecule has 10 nitrogen and oxygen atoms in total. The Labute approximate surface area is 200 Å². The van der Waals surface area contributed by atoms with Crippen LogP contribution in [0.5, 0.6) is 5.75 Å². The van der Waals surface area contributed by atoms with E-state index in [1.54, 1.807) is 20.8 Å². The van der Waals surface area contributed by atoms with Gasteiger partial charge in [-0.3, -0.25) is 24.4 Å². The highest BCUT2D eigenvalue weighted by Crippen LogP contribution is 2.34. The third-order valence-corrected chi connectivity index (χ3v) is 5.66. The molecule has 0 spiro atoms. The Kier molecular flexibility index (Phi) is 6.18. The molecule has 184 valence electrons. The first-order valence-corrected chi connectivity index (χ1v) is 11.0. The number of fused-ring (bicyclic) bond motifs is 1. The first-order valence-electron chi connectivity index (χ1n) is 11.0. The van der Waals surface area contributed by atoms with Crippen LogP contribution in [0.4, 0.5) is 14.9 Å². The Bertz CT molecular complexity index is 1380. The zero-order chi connectivity index (χ0) is 25.5. The highest BCUT2D eigenvalue weighted by molar-refractivity contribution is 5.81. The van der Waals surface area contributed by atoms with Crippen molar-refractivity contribution in [3.05, 3.63) is 68.5 Å². The van der Waals surface area contributed by atoms with Gasteiger partial charge in [0.1, 0.15) is 11.4 Å². The average molecular weight is 484 g/mol. The summed E-state index contributed by atoms with van der Waals surface area (Å²) in [5.41, 5.74) is -1.22. The minimum atomic E-state index is -0.723. The molecule has 3 aromatic rings. The number of halogens is 1. The van der Waals surface area contributed by atoms with Crippen LogP contribution in [0.1, 0.15) is 45.5 Å². The molecule has 2 heterocycles. The van der Waals surface area contributed by atoms with Gasteiger partial charge in [0.15, 0.2) is 11.6 Å². The van der Waals surface area contributed by atoms with Crippen LogP contribution in [-0.4, -0.2) is 44.7 Å². The standard InChI is InChI=1S/C24H25FN4O6/c1-24(2,3)35-23(31)27-11-5-6-19(27)21-26-18-9-7-15(29(32)33)12-16(18)22(30)28(21)14-8-10-20(34-4)17(25)13-14/h7-10,12-13,19H,5-6,11H2,1-4H3/t19-/m1/s1. The van der Waals surface area contributed by atoms with Gasteiger partial charge in [-0.05, 0) is 51.8 Å². The van der Waals surface area contributed by atoms with Gasteiger partial charge in [-0.2, -0.15) is 0 Å². The van der Waals surface area contributed by atoms with Gasteiger partial charge in [0.25, 0.3) is 11.2 Å². The molecule has 1 amide bonds. The summed E-state index contributed by atoms with van der Waals surface area (Å²) < 4.78 is 26.3. The van der Waals surface area contributed by atoms with E-state index in [0.29, 0.717) is 19.4 Å². The smallest absolute Gasteiger partial charge is 0.410 e. The lowest BCUT2D eigenvalue weighted by Crippen LogP contribution is -2.38. The molecule has 0 unspecified atom stereocenters. The van der Waals surface area contributed by atoms with E-state index in [1.165, 1.54) is 40.8 Å². The fraction of sp³-hybridized carbons (Fsp3) is 0.375. The number of amides is 1. The van der Waals surface area contributed by atoms with Crippen molar-refractivity contribution in [1.82, 2.24) is 14.5 Å². The lowest BCUT2D eigenvalue weighted by molar-refractivity contribution is -0.384. The number of likely N-dealkylation sites (tertiary alicyclic amines) is 1. The van der Waals surface area contributed by atoms with Crippen molar-refractivity contribution in [2.45, 2.75) is 45.3 Å². The van der Waals surface area contributed by atoms with Crippen LogP contribution >= 0.6 is 0 Å². The van der Waals surface area contributed by atoms with Gasteiger partial charge in [0, 0.05) is 24.7 Å². The van der Waals surface area contributed by atoms with Crippen molar-refractivity contribution in [3.8, 4) is 11.4 Å². The molecule has 0 N–H and O–H groups in total. The van der Waals surface area contributed by atoms with Crippen LogP contribution in [-0.2, 0) is 4.74 Å². The Hall–Kier alpha value is -4.02. The molecule has 0 aliphatic carbocycles. The number of hydrogen-bond donors (Lipinski definition) is 0. The highest BCUT2D eigenvalue weighted by Gasteiger charge is 2.36. The van der Waals surface area contributed by atoms with Crippen molar-refractivity contribution in [2.75, 3.05) is 13.7 Å². The van der Waals surface area contributed by atoms with Gasteiger partial charge < -0.3 is 9.47 Å². The number of nitro benzene ring substituents is 1. The number of rotatable bonds is 4. The number of carbonyl (C=O) groups is 1. The lowest BCUT2D eigenvalue weighted by Gasteiger charge is -2.29. The first kappa shape index (κ1) is 24.1. The summed E-state index contributed by atoms with van der Waals surface area (Å²) in [6.45, 7) is 5.67. The van der Waals surface area contributed by atoms with Crippen LogP contribution in [0.25, 0.3) is 16.6 Å². The summed E-state index contributed by atoms with van der Waals surface area (Å²) in [6, 6.07) is 7.16.